The summed E-state index contributed by atoms with van der Waals surface area (Å²) in [5, 5.41) is 18.8. The maximum atomic E-state index is 9.72. The number of aromatic amines is 1. The van der Waals surface area contributed by atoms with Crippen molar-refractivity contribution in [2.75, 3.05) is 6.61 Å². The molecule has 1 aliphatic rings. The van der Waals surface area contributed by atoms with Crippen LogP contribution in [0, 0.1) is 4.64 Å². The lowest BCUT2D eigenvalue weighted by molar-refractivity contribution is -0.0432. The van der Waals surface area contributed by atoms with Crippen LogP contribution in [0.4, 0.5) is 0 Å². The van der Waals surface area contributed by atoms with Gasteiger partial charge in [-0.25, -0.2) is 9.97 Å². The Morgan fingerprint density at radius 2 is 2.39 bits per heavy atom. The lowest BCUT2D eigenvalue weighted by Gasteiger charge is -2.13. The van der Waals surface area contributed by atoms with Gasteiger partial charge in [0, 0.05) is 6.42 Å². The molecule has 18 heavy (non-hydrogen) atoms. The first kappa shape index (κ1) is 11.7. The molecule has 0 bridgehead atoms. The molecular weight excluding hydrogens is 256 g/mol. The fourth-order valence-corrected chi connectivity index (χ4v) is 2.32. The highest BCUT2D eigenvalue weighted by Gasteiger charge is 2.35. The van der Waals surface area contributed by atoms with Gasteiger partial charge >= 0.3 is 0 Å². The highest BCUT2D eigenvalue weighted by Crippen LogP contribution is 2.30. The molecule has 3 rings (SSSR count). The second-order valence-electron chi connectivity index (χ2n) is 4.17. The van der Waals surface area contributed by atoms with E-state index in [4.69, 9.17) is 22.1 Å². The number of imidazole rings is 1. The first-order valence-corrected chi connectivity index (χ1v) is 5.96. The van der Waals surface area contributed by atoms with Crippen molar-refractivity contribution in [3.8, 4) is 0 Å². The van der Waals surface area contributed by atoms with Crippen molar-refractivity contribution >= 4 is 23.4 Å². The molecule has 2 aromatic heterocycles. The molecule has 1 fully saturated rings. The van der Waals surface area contributed by atoms with Crippen molar-refractivity contribution in [3.05, 3.63) is 17.3 Å². The topological polar surface area (TPSA) is 96.2 Å². The molecule has 0 spiro atoms. The monoisotopic (exact) mass is 268 g/mol. The molecule has 3 heterocycles. The van der Waals surface area contributed by atoms with Gasteiger partial charge in [0.25, 0.3) is 0 Å². The number of aliphatic hydroxyl groups is 2. The number of hydrogen-bond acceptors (Lipinski definition) is 6. The lowest BCUT2D eigenvalue weighted by atomic mass is 10.2. The number of rotatable bonds is 2. The van der Waals surface area contributed by atoms with E-state index < -0.39 is 12.2 Å². The molecule has 1 aliphatic heterocycles. The molecule has 2 aromatic rings. The van der Waals surface area contributed by atoms with Crippen molar-refractivity contribution in [2.45, 2.75) is 24.9 Å². The first-order chi connectivity index (χ1) is 8.70. The zero-order valence-corrected chi connectivity index (χ0v) is 10.2. The Labute approximate surface area is 107 Å². The van der Waals surface area contributed by atoms with Gasteiger partial charge in [0.2, 0.25) is 0 Å². The number of fused-ring (bicyclic) bond motifs is 1. The minimum atomic E-state index is -0.685. The molecule has 1 saturated heterocycles. The van der Waals surface area contributed by atoms with Crippen LogP contribution in [0.1, 0.15) is 12.6 Å². The summed E-state index contributed by atoms with van der Waals surface area (Å²) in [5.41, 5.74) is 1.20. The standard InChI is InChI=1S/C10H12N4O3S/c15-2-6-5(16)1-7(17-6)14-4-13-8-9(14)11-3-12-10(8)18/h3-7,15-16H,1-2H2,(H,11,12,18)/t5-,6+,7-/m1/s1. The van der Waals surface area contributed by atoms with Gasteiger partial charge in [-0.1, -0.05) is 12.2 Å². The maximum Gasteiger partial charge on any atom is 0.166 e. The smallest absolute Gasteiger partial charge is 0.166 e. The van der Waals surface area contributed by atoms with E-state index in [0.717, 1.165) is 0 Å². The largest absolute Gasteiger partial charge is 0.394 e. The average Bonchev–Trinajstić information content (AvgIpc) is 2.93. The number of nitrogens with one attached hydrogen (secondary N) is 1. The van der Waals surface area contributed by atoms with E-state index in [1.165, 1.54) is 6.33 Å². The van der Waals surface area contributed by atoms with Crippen LogP contribution in [0.2, 0.25) is 0 Å². The summed E-state index contributed by atoms with van der Waals surface area (Å²) in [5.74, 6) is 0. The minimum absolute atomic E-state index is 0.211. The van der Waals surface area contributed by atoms with Crippen molar-refractivity contribution in [1.29, 1.82) is 0 Å². The molecule has 3 atom stereocenters. The summed E-state index contributed by atoms with van der Waals surface area (Å²) < 4.78 is 7.78. The van der Waals surface area contributed by atoms with Crippen LogP contribution in [0.25, 0.3) is 11.2 Å². The summed E-state index contributed by atoms with van der Waals surface area (Å²) in [6.07, 6.45) is 1.84. The fraction of sp³-hybridized carbons (Fsp3) is 0.500. The van der Waals surface area contributed by atoms with E-state index in [1.807, 2.05) is 0 Å². The Morgan fingerprint density at radius 3 is 3.11 bits per heavy atom. The predicted molar refractivity (Wildman–Crippen MR) is 64.3 cm³/mol. The quantitative estimate of drug-likeness (QED) is 0.670. The Balaban J connectivity index is 2.01. The van der Waals surface area contributed by atoms with Crippen LogP contribution in [0.3, 0.4) is 0 Å². The SMILES string of the molecule is OC[C@@H]1O[C@@H](n2cnc3c(=S)[nH]cnc32)C[C@H]1O. The summed E-state index contributed by atoms with van der Waals surface area (Å²) in [4.78, 5) is 11.2. The van der Waals surface area contributed by atoms with E-state index >= 15 is 0 Å². The third-order valence-electron chi connectivity index (χ3n) is 3.06. The minimum Gasteiger partial charge on any atom is -0.394 e. The Kier molecular flexibility index (Phi) is 2.86. The van der Waals surface area contributed by atoms with Crippen LogP contribution in [-0.4, -0.2) is 48.5 Å². The Hall–Kier alpha value is -1.35. The summed E-state index contributed by atoms with van der Waals surface area (Å²) >= 11 is 5.11. The normalized spacial score (nSPS) is 28.0. The van der Waals surface area contributed by atoms with Crippen molar-refractivity contribution in [1.82, 2.24) is 19.5 Å². The van der Waals surface area contributed by atoms with Gasteiger partial charge in [0.1, 0.15) is 22.5 Å². The number of nitrogens with zero attached hydrogens (tertiary/aromatic N) is 3. The molecule has 0 saturated carbocycles. The number of aliphatic hydroxyl groups excluding tert-OH is 2. The summed E-state index contributed by atoms with van der Waals surface area (Å²) in [6.45, 7) is -0.211. The van der Waals surface area contributed by atoms with Gasteiger partial charge < -0.3 is 19.9 Å². The molecule has 8 heteroatoms. The fourth-order valence-electron chi connectivity index (χ4n) is 2.12. The van der Waals surface area contributed by atoms with Crippen LogP contribution >= 0.6 is 12.2 Å². The second kappa shape index (κ2) is 4.39. The first-order valence-electron chi connectivity index (χ1n) is 5.55. The molecule has 0 aliphatic carbocycles. The molecule has 96 valence electrons. The highest BCUT2D eigenvalue weighted by atomic mass is 32.1. The van der Waals surface area contributed by atoms with Gasteiger partial charge in [-0.15, -0.1) is 0 Å². The van der Waals surface area contributed by atoms with Gasteiger partial charge in [0.05, 0.1) is 25.4 Å². The van der Waals surface area contributed by atoms with Gasteiger partial charge in [0.15, 0.2) is 5.65 Å². The van der Waals surface area contributed by atoms with Gasteiger partial charge in [-0.3, -0.25) is 4.57 Å². The molecule has 0 aromatic carbocycles. The van der Waals surface area contributed by atoms with Crippen molar-refractivity contribution in [2.24, 2.45) is 0 Å². The van der Waals surface area contributed by atoms with Crippen molar-refractivity contribution < 1.29 is 14.9 Å². The van der Waals surface area contributed by atoms with Crippen LogP contribution in [-0.2, 0) is 4.74 Å². The summed E-state index contributed by atoms with van der Waals surface area (Å²) in [6, 6.07) is 0. The van der Waals surface area contributed by atoms with E-state index in [9.17, 15) is 5.11 Å². The van der Waals surface area contributed by atoms with Crippen LogP contribution < -0.4 is 0 Å². The molecule has 7 nitrogen and oxygen atoms in total. The predicted octanol–water partition coefficient (Wildman–Crippen LogP) is 0.130. The van der Waals surface area contributed by atoms with E-state index in [1.54, 1.807) is 10.9 Å². The third kappa shape index (κ3) is 1.74. The highest BCUT2D eigenvalue weighted by molar-refractivity contribution is 7.71. The van der Waals surface area contributed by atoms with Crippen LogP contribution in [0.15, 0.2) is 12.7 Å². The van der Waals surface area contributed by atoms with Crippen molar-refractivity contribution in [3.63, 3.8) is 0 Å². The maximum absolute atomic E-state index is 9.72. The van der Waals surface area contributed by atoms with Gasteiger partial charge in [-0.2, -0.15) is 0 Å². The molecule has 0 unspecified atom stereocenters. The number of ether oxygens (including phenoxy) is 1. The second-order valence-corrected chi connectivity index (χ2v) is 4.58. The molecule has 3 N–H and O–H groups in total. The third-order valence-corrected chi connectivity index (χ3v) is 3.37. The lowest BCUT2D eigenvalue weighted by Crippen LogP contribution is -2.24. The van der Waals surface area contributed by atoms with E-state index in [2.05, 4.69) is 15.0 Å². The molecule has 0 amide bonds. The van der Waals surface area contributed by atoms with E-state index in [0.29, 0.717) is 22.2 Å². The molecular formula is C10H12N4O3S. The Morgan fingerprint density at radius 1 is 1.56 bits per heavy atom. The Bertz CT molecular complexity index is 625. The number of H-pyrrole nitrogens is 1. The molecule has 0 radical (unpaired) electrons. The number of hydrogen-bond donors (Lipinski definition) is 3. The average molecular weight is 268 g/mol. The zero-order valence-electron chi connectivity index (χ0n) is 9.35. The van der Waals surface area contributed by atoms with E-state index in [-0.39, 0.29) is 12.8 Å². The van der Waals surface area contributed by atoms with Crippen LogP contribution in [0.5, 0.6) is 0 Å². The van der Waals surface area contributed by atoms with Gasteiger partial charge in [-0.05, 0) is 0 Å². The zero-order chi connectivity index (χ0) is 12.7. The summed E-state index contributed by atoms with van der Waals surface area (Å²) in [7, 11) is 0. The number of aromatic nitrogens is 4.